The van der Waals surface area contributed by atoms with Gasteiger partial charge in [0.05, 0.1) is 25.4 Å². The van der Waals surface area contributed by atoms with E-state index in [-0.39, 0.29) is 103 Å². The molecular formula is C68H70O12. The molecule has 12 heteroatoms. The first-order chi connectivity index (χ1) is 39.1. The van der Waals surface area contributed by atoms with Crippen LogP contribution in [0.1, 0.15) is 144 Å². The number of aliphatic hydroxyl groups excluding tert-OH is 4. The molecule has 0 saturated heterocycles. The number of esters is 2. The molecule has 11 atom stereocenters. The second kappa shape index (κ2) is 22.9. The fraction of sp³-hybridized carbons (Fsp3) is 0.397. The second-order valence-electron chi connectivity index (χ2n) is 23.1. The third kappa shape index (κ3) is 9.97. The molecule has 4 aliphatic carbocycles. The van der Waals surface area contributed by atoms with Gasteiger partial charge in [-0.1, -0.05) is 127 Å². The van der Waals surface area contributed by atoms with Gasteiger partial charge in [0, 0.05) is 53.2 Å². The minimum Gasteiger partial charge on any atom is -0.482 e. The normalized spacial score (nSPS) is 27.9. The molecule has 80 heavy (non-hydrogen) atoms. The van der Waals surface area contributed by atoms with Crippen molar-refractivity contribution in [3.8, 4) is 5.75 Å². The minimum atomic E-state index is -1.38. The molecule has 13 rings (SSSR count). The summed E-state index contributed by atoms with van der Waals surface area (Å²) in [5, 5.41) is 42.1. The number of hydrogen-bond donors (Lipinski definition) is 4. The Morgan fingerprint density at radius 1 is 0.812 bits per heavy atom. The molecule has 4 heterocycles. The molecule has 3 aliphatic heterocycles. The van der Waals surface area contributed by atoms with E-state index in [0.717, 1.165) is 36.0 Å². The van der Waals surface area contributed by atoms with Crippen LogP contribution in [0.5, 0.6) is 5.75 Å². The summed E-state index contributed by atoms with van der Waals surface area (Å²) in [4.78, 5) is 45.8. The van der Waals surface area contributed by atoms with Crippen LogP contribution in [0, 0.1) is 23.7 Å². The number of ether oxygens (including phenoxy) is 4. The number of hydrogen-bond acceptors (Lipinski definition) is 12. The van der Waals surface area contributed by atoms with Gasteiger partial charge in [-0.25, -0.2) is 9.59 Å². The quantitative estimate of drug-likeness (QED) is 0.0317. The molecule has 5 aromatic carbocycles. The first-order valence-corrected chi connectivity index (χ1v) is 28.7. The lowest BCUT2D eigenvalue weighted by atomic mass is 9.63. The summed E-state index contributed by atoms with van der Waals surface area (Å²) in [5.74, 6) is -1.78. The summed E-state index contributed by atoms with van der Waals surface area (Å²) < 4.78 is 33.5. The van der Waals surface area contributed by atoms with Crippen LogP contribution in [0.4, 0.5) is 0 Å². The molecule has 0 radical (unpaired) electrons. The molecular weight excluding hydrogens is 1010 g/mol. The topological polar surface area (TPSA) is 182 Å². The first-order valence-electron chi connectivity index (χ1n) is 28.7. The highest BCUT2D eigenvalue weighted by atomic mass is 16.6. The fourth-order valence-electron chi connectivity index (χ4n) is 15.1. The summed E-state index contributed by atoms with van der Waals surface area (Å²) in [6.45, 7) is -0.322. The van der Waals surface area contributed by atoms with Crippen LogP contribution in [0.3, 0.4) is 0 Å². The van der Waals surface area contributed by atoms with Gasteiger partial charge in [-0.15, -0.1) is 0 Å². The van der Waals surface area contributed by atoms with E-state index in [9.17, 15) is 25.2 Å². The molecule has 2 saturated carbocycles. The maximum Gasteiger partial charge on any atom is 0.340 e. The van der Waals surface area contributed by atoms with Crippen molar-refractivity contribution in [1.82, 2.24) is 0 Å². The Morgan fingerprint density at radius 2 is 1.62 bits per heavy atom. The highest BCUT2D eigenvalue weighted by Crippen LogP contribution is 2.64. The van der Waals surface area contributed by atoms with Crippen molar-refractivity contribution in [1.29, 1.82) is 0 Å². The highest BCUT2D eigenvalue weighted by Gasteiger charge is 2.65. The van der Waals surface area contributed by atoms with Gasteiger partial charge >= 0.3 is 17.6 Å². The lowest BCUT2D eigenvalue weighted by Crippen LogP contribution is -2.62. The SMILES string of the molecule is CC(CO)=C1CCc2ccc(cc2)C2C=CC(c3cccc(Cc4ccccc4)c3)CC2CC(=O)OC2c3c(ccc4c(CO)c(C(CCO)COCO)c(=O)oc34)OC3(CCCC4C5C=Cc6ccccc6C5CC43)C2OC1=O. The fourth-order valence-corrected chi connectivity index (χ4v) is 15.1. The van der Waals surface area contributed by atoms with E-state index in [4.69, 9.17) is 23.4 Å². The maximum absolute atomic E-state index is 15.7. The summed E-state index contributed by atoms with van der Waals surface area (Å²) in [6.07, 6.45) is 11.5. The van der Waals surface area contributed by atoms with E-state index in [1.165, 1.54) is 22.3 Å². The van der Waals surface area contributed by atoms with Crippen LogP contribution in [-0.4, -0.2) is 70.7 Å². The maximum atomic E-state index is 15.7. The minimum absolute atomic E-state index is 0.00166. The predicted molar refractivity (Wildman–Crippen MR) is 303 cm³/mol. The van der Waals surface area contributed by atoms with Crippen LogP contribution in [-0.2, 0) is 43.2 Å². The average Bonchev–Trinajstić information content (AvgIpc) is 4.07. The van der Waals surface area contributed by atoms with Gasteiger partial charge in [0.15, 0.2) is 17.8 Å². The standard InChI is InChI=1S/C68H70O12/c1-40(36-70)50-23-18-41-16-19-45(20-17-41)51-24-22-47(46-13-7-11-43(32-46)31-42-9-3-2-4-10-42)33-49(51)34-60(73)77-64-62-59(27-26-55-57(37-71)61(67(75)78-63(55)62)48(28-30-69)38-76-39-72)80-68(65(64)79-66(50)74)29-8-15-54-53-25-21-44-12-5-6-14-52(44)56(53)35-58(54)68/h2-7,9-14,16-17,19-22,24-27,32,47-49,51,53-54,56,58,64-65,69-72H,8,15,18,23,28-31,33-39H2,1H3. The third-order valence-electron chi connectivity index (χ3n) is 18.8. The number of allylic oxidation sites excluding steroid dienone is 3. The Balaban J connectivity index is 1.02. The Kier molecular flexibility index (Phi) is 15.4. The molecule has 1 spiro atoms. The van der Waals surface area contributed by atoms with Gasteiger partial charge in [-0.05, 0) is 151 Å². The lowest BCUT2D eigenvalue weighted by molar-refractivity contribution is -0.212. The smallest absolute Gasteiger partial charge is 0.340 e. The zero-order valence-electron chi connectivity index (χ0n) is 45.2. The van der Waals surface area contributed by atoms with Gasteiger partial charge in [0.25, 0.3) is 0 Å². The Bertz CT molecular complexity index is 3430. The van der Waals surface area contributed by atoms with Gasteiger partial charge in [0.2, 0.25) is 0 Å². The Morgan fingerprint density at radius 3 is 2.42 bits per heavy atom. The van der Waals surface area contributed by atoms with E-state index in [1.807, 2.05) is 6.07 Å². The van der Waals surface area contributed by atoms with Crippen molar-refractivity contribution in [3.63, 3.8) is 0 Å². The Hall–Kier alpha value is -6.93. The van der Waals surface area contributed by atoms with Crippen molar-refractivity contribution in [2.75, 3.05) is 26.6 Å². The number of aryl methyl sites for hydroxylation is 1. The van der Waals surface area contributed by atoms with Crippen molar-refractivity contribution in [2.24, 2.45) is 23.7 Å². The summed E-state index contributed by atoms with van der Waals surface area (Å²) in [5.41, 5.74) is 7.30. The molecule has 2 bridgehead atoms. The number of carbonyl (C=O) groups excluding carboxylic acids is 2. The summed E-state index contributed by atoms with van der Waals surface area (Å²) in [7, 11) is 0. The predicted octanol–water partition coefficient (Wildman–Crippen LogP) is 11.0. The number of aliphatic hydroxyl groups is 4. The zero-order valence-corrected chi connectivity index (χ0v) is 45.2. The van der Waals surface area contributed by atoms with E-state index < -0.39 is 54.7 Å². The highest BCUT2D eigenvalue weighted by molar-refractivity contribution is 5.90. The van der Waals surface area contributed by atoms with Gasteiger partial charge in [-0.3, -0.25) is 4.79 Å². The molecule has 414 valence electrons. The largest absolute Gasteiger partial charge is 0.482 e. The van der Waals surface area contributed by atoms with Crippen molar-refractivity contribution >= 4 is 29.0 Å². The van der Waals surface area contributed by atoms with Gasteiger partial charge in [0.1, 0.15) is 18.1 Å². The summed E-state index contributed by atoms with van der Waals surface area (Å²) in [6, 6.07) is 39.5. The van der Waals surface area contributed by atoms with Gasteiger partial charge in [-0.2, -0.15) is 0 Å². The van der Waals surface area contributed by atoms with Crippen molar-refractivity contribution < 1.29 is 53.4 Å². The lowest BCUT2D eigenvalue weighted by Gasteiger charge is -2.53. The molecule has 11 unspecified atom stereocenters. The monoisotopic (exact) mass is 1080 g/mol. The first kappa shape index (κ1) is 53.7. The van der Waals surface area contributed by atoms with Crippen LogP contribution >= 0.6 is 0 Å². The van der Waals surface area contributed by atoms with Gasteiger partial charge < -0.3 is 43.8 Å². The van der Waals surface area contributed by atoms with Crippen LogP contribution < -0.4 is 10.4 Å². The Labute approximate surface area is 466 Å². The van der Waals surface area contributed by atoms with Crippen LogP contribution in [0.2, 0.25) is 0 Å². The van der Waals surface area contributed by atoms with E-state index in [0.29, 0.717) is 48.0 Å². The number of benzene rings is 5. The molecule has 0 amide bonds. The molecule has 12 nitrogen and oxygen atoms in total. The molecule has 1 aromatic heterocycles. The number of fused-ring (bicyclic) bond motifs is 17. The van der Waals surface area contributed by atoms with E-state index in [1.54, 1.807) is 19.1 Å². The third-order valence-corrected chi connectivity index (χ3v) is 18.8. The average molecular weight is 1080 g/mol. The molecule has 4 N–H and O–H groups in total. The van der Waals surface area contributed by atoms with Crippen molar-refractivity contribution in [3.05, 3.63) is 211 Å². The zero-order chi connectivity index (χ0) is 55.1. The van der Waals surface area contributed by atoms with E-state index >= 15 is 9.59 Å². The van der Waals surface area contributed by atoms with Crippen molar-refractivity contribution in [2.45, 2.75) is 119 Å². The van der Waals surface area contributed by atoms with Crippen LogP contribution in [0.25, 0.3) is 17.0 Å². The molecule has 2 fully saturated rings. The number of rotatable bonds is 11. The molecule has 7 aliphatic rings. The number of carbonyl (C=O) groups is 2. The second-order valence-corrected chi connectivity index (χ2v) is 23.1. The van der Waals surface area contributed by atoms with Crippen LogP contribution in [0.15, 0.2) is 154 Å². The van der Waals surface area contributed by atoms with E-state index in [2.05, 4.69) is 121 Å². The molecule has 6 aromatic rings. The summed E-state index contributed by atoms with van der Waals surface area (Å²) >= 11 is 0.